The molecule has 1 aliphatic rings. The molecule has 0 radical (unpaired) electrons. The minimum absolute atomic E-state index is 0.0667. The molecule has 0 saturated carbocycles. The summed E-state index contributed by atoms with van der Waals surface area (Å²) in [6.07, 6.45) is 0. The number of aromatic hydroxyl groups is 1. The molecule has 1 aliphatic heterocycles. The third kappa shape index (κ3) is 2.14. The van der Waals surface area contributed by atoms with Crippen LogP contribution in [0.15, 0.2) is 12.1 Å². The van der Waals surface area contributed by atoms with Gasteiger partial charge in [-0.05, 0) is 25.5 Å². The number of primary amides is 1. The highest BCUT2D eigenvalue weighted by Gasteiger charge is 2.34. The highest BCUT2D eigenvalue weighted by molar-refractivity contribution is 6.17. The molecule has 5 N–H and O–H groups in total. The van der Waals surface area contributed by atoms with Crippen LogP contribution in [0.4, 0.5) is 5.82 Å². The number of phenols is 1. The van der Waals surface area contributed by atoms with E-state index in [1.807, 2.05) is 6.92 Å². The first-order valence-corrected chi connectivity index (χ1v) is 8.49. The Morgan fingerprint density at radius 3 is 2.63 bits per heavy atom. The maximum atomic E-state index is 12.7. The standard InChI is InChI=1S/C18H20N6O3/c1-8-4-5-10(25)9(2)13(8)24-15(19)12(16(20)26)11-14-18(27)22(3)6-7-23(14)21-17(11)24/h4-5,25H,6-7,19H2,1-3H3,(H2,20,26). The molecule has 9 nitrogen and oxygen atoms in total. The van der Waals surface area contributed by atoms with Crippen LogP contribution in [-0.2, 0) is 6.54 Å². The number of aryl methyl sites for hydroxylation is 1. The van der Waals surface area contributed by atoms with Gasteiger partial charge >= 0.3 is 0 Å². The molecular formula is C18H20N6O3. The Morgan fingerprint density at radius 1 is 1.26 bits per heavy atom. The zero-order valence-electron chi connectivity index (χ0n) is 15.3. The number of anilines is 1. The van der Waals surface area contributed by atoms with Crippen LogP contribution in [-0.4, -0.2) is 49.8 Å². The van der Waals surface area contributed by atoms with Crippen molar-refractivity contribution in [3.8, 4) is 11.4 Å². The van der Waals surface area contributed by atoms with E-state index < -0.39 is 5.91 Å². The molecule has 2 amide bonds. The summed E-state index contributed by atoms with van der Waals surface area (Å²) in [5.74, 6) is -0.783. The van der Waals surface area contributed by atoms with Crippen molar-refractivity contribution in [3.05, 3.63) is 34.5 Å². The second kappa shape index (κ2) is 5.50. The molecule has 0 atom stereocenters. The van der Waals surface area contributed by atoms with Crippen molar-refractivity contribution in [2.24, 2.45) is 5.73 Å². The van der Waals surface area contributed by atoms with Gasteiger partial charge in [0.1, 0.15) is 17.3 Å². The summed E-state index contributed by atoms with van der Waals surface area (Å²) in [6, 6.07) is 3.35. The zero-order chi connectivity index (χ0) is 19.6. The average molecular weight is 368 g/mol. The monoisotopic (exact) mass is 368 g/mol. The number of nitrogen functional groups attached to an aromatic ring is 1. The Morgan fingerprint density at radius 2 is 1.96 bits per heavy atom. The molecule has 0 spiro atoms. The first-order valence-electron chi connectivity index (χ1n) is 8.49. The third-order valence-electron chi connectivity index (χ3n) is 5.16. The van der Waals surface area contributed by atoms with Gasteiger partial charge in [0, 0.05) is 19.2 Å². The third-order valence-corrected chi connectivity index (χ3v) is 5.16. The van der Waals surface area contributed by atoms with Crippen LogP contribution in [0.2, 0.25) is 0 Å². The van der Waals surface area contributed by atoms with E-state index in [1.165, 1.54) is 0 Å². The molecule has 0 aliphatic carbocycles. The normalized spacial score (nSPS) is 14.0. The van der Waals surface area contributed by atoms with Gasteiger partial charge in [-0.15, -0.1) is 0 Å². The Bertz CT molecular complexity index is 1140. The fourth-order valence-corrected chi connectivity index (χ4v) is 3.74. The fraction of sp³-hybridized carbons (Fsp3) is 0.278. The van der Waals surface area contributed by atoms with E-state index in [2.05, 4.69) is 5.10 Å². The molecule has 140 valence electrons. The number of aromatic nitrogens is 3. The summed E-state index contributed by atoms with van der Waals surface area (Å²) in [5, 5.41) is 15.1. The van der Waals surface area contributed by atoms with Crippen molar-refractivity contribution in [1.29, 1.82) is 0 Å². The second-order valence-electron chi connectivity index (χ2n) is 6.83. The lowest BCUT2D eigenvalue weighted by Crippen LogP contribution is -2.37. The number of amides is 2. The van der Waals surface area contributed by atoms with Crippen LogP contribution in [0.25, 0.3) is 16.7 Å². The number of rotatable bonds is 2. The Hall–Kier alpha value is -3.49. The van der Waals surface area contributed by atoms with E-state index in [0.717, 1.165) is 5.56 Å². The highest BCUT2D eigenvalue weighted by Crippen LogP contribution is 2.38. The van der Waals surface area contributed by atoms with E-state index in [9.17, 15) is 14.7 Å². The van der Waals surface area contributed by atoms with E-state index in [4.69, 9.17) is 11.5 Å². The zero-order valence-corrected chi connectivity index (χ0v) is 15.3. The molecule has 0 unspecified atom stereocenters. The Balaban J connectivity index is 2.18. The van der Waals surface area contributed by atoms with E-state index >= 15 is 0 Å². The van der Waals surface area contributed by atoms with Gasteiger partial charge in [-0.2, -0.15) is 5.10 Å². The van der Waals surface area contributed by atoms with Gasteiger partial charge in [-0.25, -0.2) is 0 Å². The van der Waals surface area contributed by atoms with Crippen molar-refractivity contribution in [2.75, 3.05) is 19.3 Å². The first-order chi connectivity index (χ1) is 12.7. The minimum Gasteiger partial charge on any atom is -0.508 e. The quantitative estimate of drug-likeness (QED) is 0.618. The van der Waals surface area contributed by atoms with Crippen molar-refractivity contribution in [3.63, 3.8) is 0 Å². The number of hydrogen-bond donors (Lipinski definition) is 3. The number of hydrogen-bond acceptors (Lipinski definition) is 5. The molecule has 0 saturated heterocycles. The first kappa shape index (κ1) is 17.0. The van der Waals surface area contributed by atoms with Crippen LogP contribution < -0.4 is 11.5 Å². The molecule has 2 aromatic heterocycles. The summed E-state index contributed by atoms with van der Waals surface area (Å²) in [6.45, 7) is 4.64. The number of phenolic OH excluding ortho intramolecular Hbond substituents is 1. The molecule has 0 bridgehead atoms. The van der Waals surface area contributed by atoms with Gasteiger partial charge in [0.2, 0.25) is 0 Å². The maximum Gasteiger partial charge on any atom is 0.272 e. The summed E-state index contributed by atoms with van der Waals surface area (Å²) < 4.78 is 3.18. The number of benzene rings is 1. The second-order valence-corrected chi connectivity index (χ2v) is 6.83. The molecule has 0 fully saturated rings. The fourth-order valence-electron chi connectivity index (χ4n) is 3.74. The molecule has 4 rings (SSSR count). The Labute approximate surface area is 154 Å². The van der Waals surface area contributed by atoms with Gasteiger partial charge in [-0.3, -0.25) is 18.8 Å². The molecule has 9 heteroatoms. The van der Waals surface area contributed by atoms with Crippen molar-refractivity contribution in [2.45, 2.75) is 20.4 Å². The number of nitrogens with zero attached hydrogens (tertiary/aromatic N) is 4. The SMILES string of the molecule is Cc1ccc(O)c(C)c1-n1c(N)c(C(N)=O)c2c3n(nc21)CCN(C)C3=O. The van der Waals surface area contributed by atoms with Crippen molar-refractivity contribution >= 4 is 28.7 Å². The van der Waals surface area contributed by atoms with E-state index in [1.54, 1.807) is 40.3 Å². The number of carbonyl (C=O) groups is 2. The van der Waals surface area contributed by atoms with Crippen molar-refractivity contribution < 1.29 is 14.7 Å². The molecule has 1 aromatic carbocycles. The number of likely N-dealkylation sites (N-methyl/N-ethyl adjacent to an activating group) is 1. The predicted molar refractivity (Wildman–Crippen MR) is 100 cm³/mol. The molecular weight excluding hydrogens is 348 g/mol. The number of fused-ring (bicyclic) bond motifs is 3. The Kier molecular flexibility index (Phi) is 3.45. The average Bonchev–Trinajstić information content (AvgIpc) is 3.09. The van der Waals surface area contributed by atoms with Crippen LogP contribution in [0.1, 0.15) is 32.0 Å². The van der Waals surface area contributed by atoms with Gasteiger partial charge in [0.05, 0.1) is 23.2 Å². The van der Waals surface area contributed by atoms with Gasteiger partial charge < -0.3 is 21.5 Å². The van der Waals surface area contributed by atoms with Crippen LogP contribution in [0.5, 0.6) is 5.75 Å². The van der Waals surface area contributed by atoms with Gasteiger partial charge in [0.25, 0.3) is 11.8 Å². The maximum absolute atomic E-state index is 12.7. The molecule has 3 aromatic rings. The number of carbonyl (C=O) groups excluding carboxylic acids is 2. The van der Waals surface area contributed by atoms with Gasteiger partial charge in [-0.1, -0.05) is 6.07 Å². The lowest BCUT2D eigenvalue weighted by Gasteiger charge is -2.23. The van der Waals surface area contributed by atoms with E-state index in [0.29, 0.717) is 41.1 Å². The summed E-state index contributed by atoms with van der Waals surface area (Å²) in [4.78, 5) is 26.5. The smallest absolute Gasteiger partial charge is 0.272 e. The van der Waals surface area contributed by atoms with Crippen LogP contribution in [0.3, 0.4) is 0 Å². The molecule has 27 heavy (non-hydrogen) atoms. The highest BCUT2D eigenvalue weighted by atomic mass is 16.3. The molecule has 3 heterocycles. The lowest BCUT2D eigenvalue weighted by atomic mass is 10.1. The van der Waals surface area contributed by atoms with Gasteiger partial charge in [0.15, 0.2) is 5.65 Å². The largest absolute Gasteiger partial charge is 0.508 e. The topological polar surface area (TPSA) is 132 Å². The predicted octanol–water partition coefficient (Wildman–Crippen LogP) is 0.916. The van der Waals surface area contributed by atoms with Crippen LogP contribution in [0, 0.1) is 13.8 Å². The van der Waals surface area contributed by atoms with Crippen LogP contribution >= 0.6 is 0 Å². The summed E-state index contributed by atoms with van der Waals surface area (Å²) in [5.41, 5.74) is 14.7. The minimum atomic E-state index is -0.733. The number of nitrogens with two attached hydrogens (primary N) is 2. The van der Waals surface area contributed by atoms with E-state index in [-0.39, 0.29) is 23.0 Å². The summed E-state index contributed by atoms with van der Waals surface area (Å²) >= 11 is 0. The lowest BCUT2D eigenvalue weighted by molar-refractivity contribution is 0.0745. The summed E-state index contributed by atoms with van der Waals surface area (Å²) in [7, 11) is 1.69. The van der Waals surface area contributed by atoms with Crippen molar-refractivity contribution in [1.82, 2.24) is 19.2 Å².